The van der Waals surface area contributed by atoms with Gasteiger partial charge in [0.25, 0.3) is 5.56 Å². The molecule has 2 aromatic heterocycles. The molecule has 3 rings (SSSR count). The first-order valence-electron chi connectivity index (χ1n) is 8.24. The van der Waals surface area contributed by atoms with Gasteiger partial charge in [0.2, 0.25) is 0 Å². The zero-order chi connectivity index (χ0) is 16.2. The van der Waals surface area contributed by atoms with E-state index >= 15 is 0 Å². The number of hydrogen-bond donors (Lipinski definition) is 0. The molecule has 1 atom stereocenters. The lowest BCUT2D eigenvalue weighted by atomic mass is 9.93. The Kier molecular flexibility index (Phi) is 4.74. The normalized spacial score (nSPS) is 16.6. The fraction of sp³-hybridized carbons (Fsp3) is 0.500. The molecule has 0 spiro atoms. The second-order valence-corrected chi connectivity index (χ2v) is 6.49. The second kappa shape index (κ2) is 6.94. The lowest BCUT2D eigenvalue weighted by Crippen LogP contribution is -2.31. The number of pyridine rings is 1. The summed E-state index contributed by atoms with van der Waals surface area (Å²) < 4.78 is 6.41. The third-order valence-corrected chi connectivity index (χ3v) is 4.67. The summed E-state index contributed by atoms with van der Waals surface area (Å²) in [7, 11) is 0. The lowest BCUT2D eigenvalue weighted by Gasteiger charge is -2.22. The summed E-state index contributed by atoms with van der Waals surface area (Å²) >= 11 is 0. The highest BCUT2D eigenvalue weighted by Crippen LogP contribution is 2.32. The predicted molar refractivity (Wildman–Crippen MR) is 86.3 cm³/mol. The van der Waals surface area contributed by atoms with E-state index in [1.54, 1.807) is 29.0 Å². The minimum Gasteiger partial charge on any atom is -0.364 e. The van der Waals surface area contributed by atoms with Crippen LogP contribution in [0.5, 0.6) is 0 Å². The fourth-order valence-electron chi connectivity index (χ4n) is 3.45. The number of aryl methyl sites for hydroxylation is 1. The van der Waals surface area contributed by atoms with E-state index < -0.39 is 6.04 Å². The first kappa shape index (κ1) is 15.7. The van der Waals surface area contributed by atoms with E-state index in [0.717, 1.165) is 24.8 Å². The number of rotatable bonds is 6. The van der Waals surface area contributed by atoms with E-state index in [0.29, 0.717) is 11.6 Å². The molecule has 5 nitrogen and oxygen atoms in total. The molecule has 0 saturated heterocycles. The van der Waals surface area contributed by atoms with E-state index in [2.05, 4.69) is 5.16 Å². The maximum Gasteiger partial charge on any atom is 0.251 e. The molecule has 1 fully saturated rings. The van der Waals surface area contributed by atoms with Gasteiger partial charge in [0.15, 0.2) is 5.78 Å². The van der Waals surface area contributed by atoms with Crippen molar-refractivity contribution in [1.82, 2.24) is 9.72 Å². The second-order valence-electron chi connectivity index (χ2n) is 6.49. The highest BCUT2D eigenvalue weighted by atomic mass is 16.5. The van der Waals surface area contributed by atoms with Crippen LogP contribution in [0.15, 0.2) is 40.0 Å². The van der Waals surface area contributed by atoms with Crippen LogP contribution in [0.3, 0.4) is 0 Å². The van der Waals surface area contributed by atoms with Gasteiger partial charge >= 0.3 is 0 Å². The van der Waals surface area contributed by atoms with Gasteiger partial charge in [-0.3, -0.25) is 9.59 Å². The van der Waals surface area contributed by atoms with E-state index in [1.807, 2.05) is 6.92 Å². The summed E-state index contributed by atoms with van der Waals surface area (Å²) in [6.07, 6.45) is 8.93. The Labute approximate surface area is 135 Å². The predicted octanol–water partition coefficient (Wildman–Crippen LogP) is 3.08. The van der Waals surface area contributed by atoms with Crippen molar-refractivity contribution >= 4 is 5.78 Å². The highest BCUT2D eigenvalue weighted by Gasteiger charge is 2.27. The summed E-state index contributed by atoms with van der Waals surface area (Å²) in [6.45, 7) is 1.94. The Morgan fingerprint density at radius 2 is 2.13 bits per heavy atom. The van der Waals surface area contributed by atoms with E-state index in [9.17, 15) is 9.59 Å². The number of nitrogens with zero attached hydrogens (tertiary/aromatic N) is 2. The number of ketones is 1. The van der Waals surface area contributed by atoms with Gasteiger partial charge in [-0.25, -0.2) is 0 Å². The first-order valence-corrected chi connectivity index (χ1v) is 8.24. The molecular formula is C18H22N2O3. The number of aromatic nitrogens is 2. The van der Waals surface area contributed by atoms with Gasteiger partial charge in [-0.2, -0.15) is 0 Å². The maximum atomic E-state index is 12.8. The van der Waals surface area contributed by atoms with Crippen molar-refractivity contribution in [3.63, 3.8) is 0 Å². The number of hydrogen-bond acceptors (Lipinski definition) is 4. The van der Waals surface area contributed by atoms with Crippen LogP contribution in [0.4, 0.5) is 0 Å². The van der Waals surface area contributed by atoms with Crippen LogP contribution >= 0.6 is 0 Å². The molecular weight excluding hydrogens is 292 g/mol. The molecule has 0 aromatic carbocycles. The molecule has 5 heteroatoms. The Morgan fingerprint density at radius 3 is 2.83 bits per heavy atom. The standard InChI is InChI=1S/C18H22N2O3/c1-13-6-7-18(22)20(12-13)16(10-14-4-2-3-5-14)17(21)11-15-8-9-23-19-15/h6-9,12,14,16H,2-5,10-11H2,1H3/t16-/m0/s1. The van der Waals surface area contributed by atoms with Gasteiger partial charge in [-0.05, 0) is 24.8 Å². The fourth-order valence-corrected chi connectivity index (χ4v) is 3.45. The van der Waals surface area contributed by atoms with Crippen LogP contribution in [0, 0.1) is 12.8 Å². The largest absolute Gasteiger partial charge is 0.364 e. The van der Waals surface area contributed by atoms with Crippen molar-refractivity contribution in [2.45, 2.75) is 51.5 Å². The van der Waals surface area contributed by atoms with Gasteiger partial charge in [-0.1, -0.05) is 36.9 Å². The van der Waals surface area contributed by atoms with Crippen LogP contribution in [-0.4, -0.2) is 15.5 Å². The molecule has 1 aliphatic rings. The summed E-state index contributed by atoms with van der Waals surface area (Å²) in [5.74, 6) is 0.548. The molecule has 0 bridgehead atoms. The molecule has 23 heavy (non-hydrogen) atoms. The maximum absolute atomic E-state index is 12.8. The van der Waals surface area contributed by atoms with Crippen LogP contribution in [0.2, 0.25) is 0 Å². The SMILES string of the molecule is Cc1ccc(=O)n([C@@H](CC2CCCC2)C(=O)Cc2ccon2)c1. The van der Waals surface area contributed by atoms with Gasteiger partial charge in [0.05, 0.1) is 18.2 Å². The average Bonchev–Trinajstić information content (AvgIpc) is 3.21. The van der Waals surface area contributed by atoms with Crippen molar-refractivity contribution in [3.8, 4) is 0 Å². The summed E-state index contributed by atoms with van der Waals surface area (Å²) in [5, 5.41) is 3.82. The van der Waals surface area contributed by atoms with Crippen LogP contribution in [0.25, 0.3) is 0 Å². The first-order chi connectivity index (χ1) is 11.1. The van der Waals surface area contributed by atoms with E-state index in [-0.39, 0.29) is 17.8 Å². The molecule has 2 heterocycles. The quantitative estimate of drug-likeness (QED) is 0.822. The zero-order valence-electron chi connectivity index (χ0n) is 13.4. The highest BCUT2D eigenvalue weighted by molar-refractivity contribution is 5.84. The molecule has 122 valence electrons. The Hall–Kier alpha value is -2.17. The Bertz CT molecular complexity index is 712. The summed E-state index contributed by atoms with van der Waals surface area (Å²) in [6, 6.07) is 4.61. The molecule has 1 aliphatic carbocycles. The van der Waals surface area contributed by atoms with Gasteiger partial charge in [0, 0.05) is 18.3 Å². The van der Waals surface area contributed by atoms with Gasteiger partial charge in [0.1, 0.15) is 6.26 Å². The van der Waals surface area contributed by atoms with Crippen LogP contribution in [0.1, 0.15) is 49.4 Å². The topological polar surface area (TPSA) is 65.1 Å². The number of carbonyl (C=O) groups is 1. The van der Waals surface area contributed by atoms with Crippen molar-refractivity contribution in [1.29, 1.82) is 0 Å². The molecule has 1 saturated carbocycles. The smallest absolute Gasteiger partial charge is 0.251 e. The van der Waals surface area contributed by atoms with E-state index in [1.165, 1.54) is 19.1 Å². The van der Waals surface area contributed by atoms with Crippen molar-refractivity contribution in [2.75, 3.05) is 0 Å². The van der Waals surface area contributed by atoms with Crippen molar-refractivity contribution in [2.24, 2.45) is 5.92 Å². The average molecular weight is 314 g/mol. The number of carbonyl (C=O) groups excluding carboxylic acids is 1. The molecule has 0 amide bonds. The minimum atomic E-state index is -0.415. The lowest BCUT2D eigenvalue weighted by molar-refractivity contribution is -0.122. The van der Waals surface area contributed by atoms with Crippen molar-refractivity contribution < 1.29 is 9.32 Å². The van der Waals surface area contributed by atoms with Crippen molar-refractivity contribution in [3.05, 3.63) is 52.3 Å². The van der Waals surface area contributed by atoms with Crippen LogP contribution < -0.4 is 5.56 Å². The monoisotopic (exact) mass is 314 g/mol. The minimum absolute atomic E-state index is 0.0264. The molecule has 2 aromatic rings. The van der Waals surface area contributed by atoms with Crippen LogP contribution in [-0.2, 0) is 11.2 Å². The third-order valence-electron chi connectivity index (χ3n) is 4.67. The van der Waals surface area contributed by atoms with E-state index in [4.69, 9.17) is 4.52 Å². The Morgan fingerprint density at radius 1 is 1.35 bits per heavy atom. The molecule has 0 aliphatic heterocycles. The van der Waals surface area contributed by atoms with Gasteiger partial charge < -0.3 is 9.09 Å². The summed E-state index contributed by atoms with van der Waals surface area (Å²) in [5.41, 5.74) is 1.48. The molecule has 0 N–H and O–H groups in total. The Balaban J connectivity index is 1.87. The zero-order valence-corrected chi connectivity index (χ0v) is 13.4. The third kappa shape index (κ3) is 3.78. The number of Topliss-reactive ketones (excluding diaryl/α,β-unsaturated/α-hetero) is 1. The molecule has 0 radical (unpaired) electrons. The molecule has 0 unspecified atom stereocenters. The summed E-state index contributed by atoms with van der Waals surface area (Å²) in [4.78, 5) is 25.1. The van der Waals surface area contributed by atoms with Gasteiger partial charge in [-0.15, -0.1) is 0 Å².